The topological polar surface area (TPSA) is 54.9 Å². The Morgan fingerprint density at radius 1 is 0.906 bits per heavy atom. The van der Waals surface area contributed by atoms with Crippen molar-refractivity contribution >= 4 is 23.2 Å². The van der Waals surface area contributed by atoms with E-state index in [0.717, 1.165) is 46.8 Å². The van der Waals surface area contributed by atoms with Gasteiger partial charge in [-0.05, 0) is 75.8 Å². The summed E-state index contributed by atoms with van der Waals surface area (Å²) >= 11 is 0. The van der Waals surface area contributed by atoms with Crippen molar-refractivity contribution in [3.8, 4) is 0 Å². The Morgan fingerprint density at radius 2 is 1.69 bits per heavy atom. The van der Waals surface area contributed by atoms with Crippen LogP contribution in [-0.4, -0.2) is 27.3 Å². The zero-order valence-corrected chi connectivity index (χ0v) is 19.8. The van der Waals surface area contributed by atoms with Crippen molar-refractivity contribution in [2.75, 3.05) is 0 Å². The van der Waals surface area contributed by atoms with Gasteiger partial charge in [0.1, 0.15) is 5.71 Å². The van der Waals surface area contributed by atoms with Crippen molar-refractivity contribution < 1.29 is 0 Å². The number of amidine groups is 1. The van der Waals surface area contributed by atoms with Crippen LogP contribution in [0.2, 0.25) is 0 Å². The summed E-state index contributed by atoms with van der Waals surface area (Å²) in [6, 6.07) is 16.9. The number of hydrogen-bond acceptors (Lipinski definition) is 3. The smallest absolute Gasteiger partial charge is 0.227 e. The second-order valence-corrected chi connectivity index (χ2v) is 8.58. The predicted octanol–water partition coefficient (Wildman–Crippen LogP) is 6.46. The van der Waals surface area contributed by atoms with Crippen LogP contribution >= 0.6 is 0 Å². The first-order valence-electron chi connectivity index (χ1n) is 11.4. The fourth-order valence-corrected chi connectivity index (χ4v) is 4.24. The van der Waals surface area contributed by atoms with Crippen LogP contribution in [0, 0.1) is 27.7 Å². The third kappa shape index (κ3) is 4.33. The molecule has 0 saturated carbocycles. The van der Waals surface area contributed by atoms with E-state index in [0.29, 0.717) is 17.7 Å². The number of nitrogens with zero attached hydrogens (tertiary/aromatic N) is 5. The average Bonchev–Trinajstić information content (AvgIpc) is 3.33. The zero-order valence-electron chi connectivity index (χ0n) is 19.8. The summed E-state index contributed by atoms with van der Waals surface area (Å²) in [6.07, 6.45) is 2.29. The van der Waals surface area contributed by atoms with Crippen molar-refractivity contribution in [3.05, 3.63) is 82.2 Å². The first-order valence-corrected chi connectivity index (χ1v) is 11.4. The second-order valence-electron chi connectivity index (χ2n) is 8.58. The highest BCUT2D eigenvalue weighted by molar-refractivity contribution is 6.53. The lowest BCUT2D eigenvalue weighted by Crippen LogP contribution is -2.11. The molecule has 164 valence electrons. The van der Waals surface area contributed by atoms with Crippen molar-refractivity contribution in [1.82, 2.24) is 9.78 Å². The van der Waals surface area contributed by atoms with Gasteiger partial charge in [-0.1, -0.05) is 49.7 Å². The molecule has 0 amide bonds. The summed E-state index contributed by atoms with van der Waals surface area (Å²) in [5.74, 6) is 1.76. The molecule has 3 aromatic rings. The maximum absolute atomic E-state index is 4.97. The Morgan fingerprint density at radius 3 is 2.31 bits per heavy atom. The van der Waals surface area contributed by atoms with E-state index in [2.05, 4.69) is 69.2 Å². The van der Waals surface area contributed by atoms with Crippen molar-refractivity contribution in [3.63, 3.8) is 0 Å². The van der Waals surface area contributed by atoms with Gasteiger partial charge in [0.15, 0.2) is 5.84 Å². The quantitative estimate of drug-likeness (QED) is 0.463. The molecule has 0 aliphatic carbocycles. The van der Waals surface area contributed by atoms with E-state index < -0.39 is 0 Å². The molecule has 4 rings (SSSR count). The Hall–Kier alpha value is -3.34. The van der Waals surface area contributed by atoms with Crippen LogP contribution in [0.15, 0.2) is 63.5 Å². The number of aliphatic imine (C=N–C) groups is 3. The van der Waals surface area contributed by atoms with Gasteiger partial charge in [0.05, 0.1) is 11.4 Å². The third-order valence-electron chi connectivity index (χ3n) is 6.02. The molecule has 0 bridgehead atoms. The molecular formula is C27H31N5. The minimum Gasteiger partial charge on any atom is -0.227 e. The molecule has 2 aromatic carbocycles. The molecule has 1 aliphatic rings. The normalized spacial score (nSPS) is 14.9. The van der Waals surface area contributed by atoms with Gasteiger partial charge in [0.2, 0.25) is 0 Å². The first kappa shape index (κ1) is 21.9. The first-order chi connectivity index (χ1) is 15.4. The summed E-state index contributed by atoms with van der Waals surface area (Å²) in [6.45, 7) is 12.7. The summed E-state index contributed by atoms with van der Waals surface area (Å²) in [4.78, 5) is 14.6. The maximum atomic E-state index is 4.97. The van der Waals surface area contributed by atoms with Gasteiger partial charge in [-0.15, -0.1) is 0 Å². The van der Waals surface area contributed by atoms with Gasteiger partial charge < -0.3 is 0 Å². The maximum Gasteiger partial charge on any atom is 0.253 e. The van der Waals surface area contributed by atoms with Crippen LogP contribution in [0.25, 0.3) is 0 Å². The van der Waals surface area contributed by atoms with Crippen LogP contribution < -0.4 is 0 Å². The van der Waals surface area contributed by atoms with E-state index in [1.165, 1.54) is 11.1 Å². The van der Waals surface area contributed by atoms with Crippen LogP contribution in [0.1, 0.15) is 66.2 Å². The van der Waals surface area contributed by atoms with Gasteiger partial charge in [-0.3, -0.25) is 0 Å². The summed E-state index contributed by atoms with van der Waals surface area (Å²) < 4.78 is 1.79. The van der Waals surface area contributed by atoms with E-state index in [1.54, 1.807) is 4.68 Å². The lowest BCUT2D eigenvalue weighted by molar-refractivity contribution is 0.641. The van der Waals surface area contributed by atoms with E-state index in [-0.39, 0.29) is 0 Å². The summed E-state index contributed by atoms with van der Waals surface area (Å²) in [5.41, 5.74) is 8.36. The minimum absolute atomic E-state index is 0.553. The fourth-order valence-electron chi connectivity index (χ4n) is 4.24. The predicted molar refractivity (Wildman–Crippen MR) is 134 cm³/mol. The van der Waals surface area contributed by atoms with Gasteiger partial charge in [-0.25, -0.2) is 14.7 Å². The highest BCUT2D eigenvalue weighted by Crippen LogP contribution is 2.29. The Labute approximate surface area is 190 Å². The number of aromatic nitrogens is 2. The van der Waals surface area contributed by atoms with Crippen molar-refractivity contribution in [2.24, 2.45) is 15.0 Å². The molecule has 32 heavy (non-hydrogen) atoms. The standard InChI is InChI=1S/C27H31N5/c1-7-21(8-2)22-12-13-24(18(4)15-22)28-26-25(23-11-9-10-17(3)14-23)29-27(30-26)32-20(6)16-19(5)31-32/h9-16,21H,7-8H2,1-6H3. The highest BCUT2D eigenvalue weighted by atomic mass is 15.4. The fraction of sp³-hybridized carbons (Fsp3) is 0.333. The molecule has 2 heterocycles. The van der Waals surface area contributed by atoms with Gasteiger partial charge >= 0.3 is 0 Å². The number of hydrogen-bond donors (Lipinski definition) is 0. The van der Waals surface area contributed by atoms with E-state index in [1.807, 2.05) is 26.0 Å². The highest BCUT2D eigenvalue weighted by Gasteiger charge is 2.23. The molecular weight excluding hydrogens is 394 g/mol. The zero-order chi connectivity index (χ0) is 22.8. The number of rotatable bonds is 5. The summed E-state index contributed by atoms with van der Waals surface area (Å²) in [5, 5.41) is 4.57. The SMILES string of the molecule is CCC(CC)c1ccc(N=C2N=C(n3nc(C)cc3C)N=C2c2cccc(C)c2)c(C)c1. The number of benzene rings is 2. The monoisotopic (exact) mass is 425 g/mol. The van der Waals surface area contributed by atoms with E-state index in [4.69, 9.17) is 15.0 Å². The average molecular weight is 426 g/mol. The molecule has 0 radical (unpaired) electrons. The van der Waals surface area contributed by atoms with Gasteiger partial charge in [-0.2, -0.15) is 10.1 Å². The molecule has 1 aliphatic heterocycles. The van der Waals surface area contributed by atoms with E-state index in [9.17, 15) is 0 Å². The molecule has 0 saturated heterocycles. The largest absolute Gasteiger partial charge is 0.253 e. The number of aryl methyl sites for hydroxylation is 4. The third-order valence-corrected chi connectivity index (χ3v) is 6.02. The van der Waals surface area contributed by atoms with Crippen LogP contribution in [0.4, 0.5) is 5.69 Å². The van der Waals surface area contributed by atoms with Gasteiger partial charge in [0.25, 0.3) is 5.96 Å². The summed E-state index contributed by atoms with van der Waals surface area (Å²) in [7, 11) is 0. The molecule has 5 heteroatoms. The molecule has 0 atom stereocenters. The molecule has 0 spiro atoms. The lowest BCUT2D eigenvalue weighted by atomic mass is 9.92. The Balaban J connectivity index is 1.80. The Bertz CT molecular complexity index is 1240. The van der Waals surface area contributed by atoms with Crippen molar-refractivity contribution in [2.45, 2.75) is 60.3 Å². The molecule has 0 N–H and O–H groups in total. The minimum atomic E-state index is 0.553. The molecule has 1 aromatic heterocycles. The Kier molecular flexibility index (Phi) is 6.17. The van der Waals surface area contributed by atoms with E-state index >= 15 is 0 Å². The lowest BCUT2D eigenvalue weighted by Gasteiger charge is -2.14. The molecule has 5 nitrogen and oxygen atoms in total. The van der Waals surface area contributed by atoms with Crippen LogP contribution in [-0.2, 0) is 0 Å². The molecule has 0 unspecified atom stereocenters. The van der Waals surface area contributed by atoms with Crippen LogP contribution in [0.5, 0.6) is 0 Å². The van der Waals surface area contributed by atoms with Crippen LogP contribution in [0.3, 0.4) is 0 Å². The van der Waals surface area contributed by atoms with Gasteiger partial charge in [0, 0.05) is 11.3 Å². The second kappa shape index (κ2) is 9.03. The molecule has 0 fully saturated rings. The van der Waals surface area contributed by atoms with Crippen molar-refractivity contribution in [1.29, 1.82) is 0 Å².